The molecule has 0 saturated heterocycles. The zero-order valence-electron chi connectivity index (χ0n) is 9.32. The van der Waals surface area contributed by atoms with E-state index in [9.17, 15) is 28.1 Å². The number of nitrogens with one attached hydrogen (secondary N) is 2. The van der Waals surface area contributed by atoms with Crippen LogP contribution in [0.15, 0.2) is 18.2 Å². The van der Waals surface area contributed by atoms with Gasteiger partial charge < -0.3 is 10.7 Å². The van der Waals surface area contributed by atoms with Gasteiger partial charge in [-0.15, -0.1) is 0 Å². The molecule has 1 aromatic carbocycles. The van der Waals surface area contributed by atoms with Gasteiger partial charge >= 0.3 is 6.18 Å². The average Bonchev–Trinajstić information content (AvgIpc) is 2.34. The van der Waals surface area contributed by atoms with Gasteiger partial charge in [-0.3, -0.25) is 20.8 Å². The number of benzene rings is 1. The SMILES string of the molecule is NNc1cc(C(=O)NCC(F)(F)F)ccc1[N+](=O)[O-]. The lowest BCUT2D eigenvalue weighted by Crippen LogP contribution is -2.33. The first-order chi connectivity index (χ1) is 8.74. The average molecular weight is 278 g/mol. The summed E-state index contributed by atoms with van der Waals surface area (Å²) in [7, 11) is 0. The Morgan fingerprint density at radius 1 is 1.42 bits per heavy atom. The lowest BCUT2D eigenvalue weighted by atomic mass is 10.1. The molecule has 0 heterocycles. The molecule has 1 aromatic rings. The molecule has 0 fully saturated rings. The van der Waals surface area contributed by atoms with Gasteiger partial charge in [0.25, 0.3) is 11.6 Å². The van der Waals surface area contributed by atoms with Gasteiger partial charge in [-0.25, -0.2) is 0 Å². The monoisotopic (exact) mass is 278 g/mol. The molecule has 10 heteroatoms. The van der Waals surface area contributed by atoms with Crippen molar-refractivity contribution in [3.05, 3.63) is 33.9 Å². The molecule has 0 aliphatic heterocycles. The lowest BCUT2D eigenvalue weighted by molar-refractivity contribution is -0.384. The zero-order chi connectivity index (χ0) is 14.6. The van der Waals surface area contributed by atoms with E-state index in [1.54, 1.807) is 5.32 Å². The molecule has 0 unspecified atom stereocenters. The molecular formula is C9H9F3N4O3. The van der Waals surface area contributed by atoms with Gasteiger partial charge in [0.05, 0.1) is 4.92 Å². The van der Waals surface area contributed by atoms with Crippen LogP contribution in [0.25, 0.3) is 0 Å². The van der Waals surface area contributed by atoms with E-state index in [4.69, 9.17) is 5.84 Å². The highest BCUT2D eigenvalue weighted by Crippen LogP contribution is 2.24. The maximum absolute atomic E-state index is 11.9. The number of hydrazine groups is 1. The molecule has 0 radical (unpaired) electrons. The number of nitrogens with two attached hydrogens (primary N) is 1. The van der Waals surface area contributed by atoms with Gasteiger partial charge in [0, 0.05) is 11.6 Å². The Labute approximate surface area is 104 Å². The van der Waals surface area contributed by atoms with E-state index in [-0.39, 0.29) is 11.3 Å². The van der Waals surface area contributed by atoms with E-state index in [0.29, 0.717) is 0 Å². The Morgan fingerprint density at radius 2 is 2.05 bits per heavy atom. The fourth-order valence-electron chi connectivity index (χ4n) is 1.23. The molecule has 104 valence electrons. The molecule has 0 aromatic heterocycles. The molecule has 0 atom stereocenters. The van der Waals surface area contributed by atoms with Crippen molar-refractivity contribution in [1.82, 2.24) is 5.32 Å². The van der Waals surface area contributed by atoms with Crippen LogP contribution in [0.5, 0.6) is 0 Å². The molecule has 1 amide bonds. The number of halogens is 3. The third-order valence-corrected chi connectivity index (χ3v) is 2.06. The number of nitrogens with zero attached hydrogens (tertiary/aromatic N) is 1. The molecule has 0 saturated carbocycles. The van der Waals surface area contributed by atoms with Gasteiger partial charge in [0.1, 0.15) is 12.2 Å². The first-order valence-electron chi connectivity index (χ1n) is 4.84. The van der Waals surface area contributed by atoms with Crippen molar-refractivity contribution in [3.63, 3.8) is 0 Å². The van der Waals surface area contributed by atoms with Crippen LogP contribution in [0.1, 0.15) is 10.4 Å². The number of nitro groups is 1. The highest BCUT2D eigenvalue weighted by atomic mass is 19.4. The normalized spacial score (nSPS) is 10.9. The second-order valence-corrected chi connectivity index (χ2v) is 3.43. The van der Waals surface area contributed by atoms with E-state index in [2.05, 4.69) is 0 Å². The molecule has 7 nitrogen and oxygen atoms in total. The summed E-state index contributed by atoms with van der Waals surface area (Å²) in [5, 5.41) is 12.2. The summed E-state index contributed by atoms with van der Waals surface area (Å²) in [6.45, 7) is -1.49. The van der Waals surface area contributed by atoms with Crippen molar-refractivity contribution in [2.45, 2.75) is 6.18 Å². The Kier molecular flexibility index (Phi) is 4.27. The van der Waals surface area contributed by atoms with Crippen molar-refractivity contribution in [2.75, 3.05) is 12.0 Å². The number of nitrogen functional groups attached to an aromatic ring is 1. The molecule has 19 heavy (non-hydrogen) atoms. The number of nitro benzene ring substituents is 1. The highest BCUT2D eigenvalue weighted by molar-refractivity contribution is 5.95. The molecule has 0 aliphatic carbocycles. The summed E-state index contributed by atoms with van der Waals surface area (Å²) in [5.74, 6) is 4.02. The van der Waals surface area contributed by atoms with Gasteiger partial charge in [0.2, 0.25) is 0 Å². The van der Waals surface area contributed by atoms with Crippen LogP contribution in [-0.2, 0) is 0 Å². The van der Waals surface area contributed by atoms with Crippen molar-refractivity contribution >= 4 is 17.3 Å². The number of rotatable bonds is 4. The van der Waals surface area contributed by atoms with Crippen LogP contribution in [0, 0.1) is 10.1 Å². The quantitative estimate of drug-likeness (QED) is 0.435. The molecule has 0 spiro atoms. The van der Waals surface area contributed by atoms with Crippen LogP contribution in [0.2, 0.25) is 0 Å². The Hall–Kier alpha value is -2.36. The summed E-state index contributed by atoms with van der Waals surface area (Å²) in [6, 6.07) is 2.99. The van der Waals surface area contributed by atoms with Crippen LogP contribution in [0.3, 0.4) is 0 Å². The number of carbonyl (C=O) groups is 1. The van der Waals surface area contributed by atoms with Crippen molar-refractivity contribution in [1.29, 1.82) is 0 Å². The van der Waals surface area contributed by atoms with Gasteiger partial charge in [-0.05, 0) is 12.1 Å². The number of hydrogen-bond acceptors (Lipinski definition) is 5. The Bertz CT molecular complexity index is 504. The minimum atomic E-state index is -4.54. The first-order valence-corrected chi connectivity index (χ1v) is 4.84. The predicted molar refractivity (Wildman–Crippen MR) is 59.3 cm³/mol. The third kappa shape index (κ3) is 4.10. The summed E-state index contributed by atoms with van der Waals surface area (Å²) >= 11 is 0. The zero-order valence-corrected chi connectivity index (χ0v) is 9.32. The smallest absolute Gasteiger partial charge is 0.343 e. The highest BCUT2D eigenvalue weighted by Gasteiger charge is 2.28. The minimum absolute atomic E-state index is 0.176. The van der Waals surface area contributed by atoms with E-state index in [1.807, 2.05) is 5.43 Å². The molecular weight excluding hydrogens is 269 g/mol. The number of carbonyl (C=O) groups excluding carboxylic acids is 1. The van der Waals surface area contributed by atoms with Crippen molar-refractivity contribution in [2.24, 2.45) is 5.84 Å². The van der Waals surface area contributed by atoms with E-state index in [0.717, 1.165) is 18.2 Å². The molecule has 0 bridgehead atoms. The van der Waals surface area contributed by atoms with Crippen molar-refractivity contribution in [3.8, 4) is 0 Å². The molecule has 4 N–H and O–H groups in total. The summed E-state index contributed by atoms with van der Waals surface area (Å²) in [4.78, 5) is 21.2. The van der Waals surface area contributed by atoms with E-state index in [1.165, 1.54) is 0 Å². The third-order valence-electron chi connectivity index (χ3n) is 2.06. The van der Waals surface area contributed by atoms with Gasteiger partial charge in [0.15, 0.2) is 0 Å². The first kappa shape index (κ1) is 14.7. The molecule has 1 rings (SSSR count). The number of alkyl halides is 3. The lowest BCUT2D eigenvalue weighted by Gasteiger charge is -2.09. The second-order valence-electron chi connectivity index (χ2n) is 3.43. The Balaban J connectivity index is 2.90. The number of anilines is 1. The summed E-state index contributed by atoms with van der Waals surface area (Å²) < 4.78 is 35.7. The maximum Gasteiger partial charge on any atom is 0.405 e. The van der Waals surface area contributed by atoms with Crippen molar-refractivity contribution < 1.29 is 22.9 Å². The molecule has 0 aliphatic rings. The summed E-state index contributed by atoms with van der Waals surface area (Å²) in [5.41, 5.74) is 1.25. The topological polar surface area (TPSA) is 110 Å². The van der Waals surface area contributed by atoms with Gasteiger partial charge in [-0.1, -0.05) is 0 Å². The second kappa shape index (κ2) is 5.52. The number of hydrogen-bond donors (Lipinski definition) is 3. The fourth-order valence-corrected chi connectivity index (χ4v) is 1.23. The van der Waals surface area contributed by atoms with E-state index < -0.39 is 29.2 Å². The Morgan fingerprint density at radius 3 is 2.53 bits per heavy atom. The summed E-state index contributed by atoms with van der Waals surface area (Å²) in [6.07, 6.45) is -4.54. The van der Waals surface area contributed by atoms with Gasteiger partial charge in [-0.2, -0.15) is 13.2 Å². The fraction of sp³-hybridized carbons (Fsp3) is 0.222. The number of amides is 1. The minimum Gasteiger partial charge on any atom is -0.343 e. The van der Waals surface area contributed by atoms with E-state index >= 15 is 0 Å². The van der Waals surface area contributed by atoms with Crippen LogP contribution >= 0.6 is 0 Å². The standard InChI is InChI=1S/C9H9F3N4O3/c10-9(11,12)4-14-8(17)5-1-2-7(16(18)19)6(3-5)15-13/h1-3,15H,4,13H2,(H,14,17). The predicted octanol–water partition coefficient (Wildman–Crippen LogP) is 1.17. The maximum atomic E-state index is 11.9. The van der Waals surface area contributed by atoms with Crippen LogP contribution in [-0.4, -0.2) is 23.6 Å². The van der Waals surface area contributed by atoms with Crippen LogP contribution < -0.4 is 16.6 Å². The largest absolute Gasteiger partial charge is 0.405 e. The van der Waals surface area contributed by atoms with Crippen LogP contribution in [0.4, 0.5) is 24.5 Å².